The summed E-state index contributed by atoms with van der Waals surface area (Å²) in [5.74, 6) is -0.968. The summed E-state index contributed by atoms with van der Waals surface area (Å²) in [6.07, 6.45) is 9.96. The molecule has 1 aliphatic rings. The van der Waals surface area contributed by atoms with Crippen molar-refractivity contribution in [1.82, 2.24) is 0 Å². The summed E-state index contributed by atoms with van der Waals surface area (Å²) in [4.78, 5) is 10.1. The minimum atomic E-state index is -0.968. The zero-order valence-corrected chi connectivity index (χ0v) is 5.87. The topological polar surface area (TPSA) is 37.3 Å². The molecule has 2 heteroatoms. The molecule has 0 saturated carbocycles. The van der Waals surface area contributed by atoms with Crippen molar-refractivity contribution < 1.29 is 9.90 Å². The zero-order chi connectivity index (χ0) is 8.10. The molecule has 0 aliphatic heterocycles. The molecule has 1 aliphatic carbocycles. The van der Waals surface area contributed by atoms with Crippen molar-refractivity contribution in [2.75, 3.05) is 0 Å². The van der Waals surface area contributed by atoms with Crippen LogP contribution in [0.5, 0.6) is 0 Å². The summed E-state index contributed by atoms with van der Waals surface area (Å²) >= 11 is 0. The second-order valence-electron chi connectivity index (χ2n) is 2.06. The van der Waals surface area contributed by atoms with Gasteiger partial charge in [-0.25, -0.2) is 4.79 Å². The van der Waals surface area contributed by atoms with E-state index in [1.165, 1.54) is 0 Å². The van der Waals surface area contributed by atoms with Crippen LogP contribution in [-0.4, -0.2) is 11.1 Å². The van der Waals surface area contributed by atoms with E-state index in [4.69, 9.17) is 5.11 Å². The van der Waals surface area contributed by atoms with Gasteiger partial charge in [-0.3, -0.25) is 0 Å². The molecule has 0 aromatic heterocycles. The van der Waals surface area contributed by atoms with E-state index in [1.807, 2.05) is 6.08 Å². The first kappa shape index (κ1) is 7.58. The van der Waals surface area contributed by atoms with Gasteiger partial charge in [0.2, 0.25) is 0 Å². The second-order valence-corrected chi connectivity index (χ2v) is 2.06. The Hall–Kier alpha value is -1.53. The highest BCUT2D eigenvalue weighted by molar-refractivity contribution is 5.79. The van der Waals surface area contributed by atoms with E-state index in [0.29, 0.717) is 6.42 Å². The van der Waals surface area contributed by atoms with Gasteiger partial charge in [-0.1, -0.05) is 18.2 Å². The molecule has 1 rings (SSSR count). The summed E-state index contributed by atoms with van der Waals surface area (Å²) in [6.45, 7) is 0. The standard InChI is InChI=1S/C9H7O2/c10-9(11)7-6-8-4-2-1-3-5-8/h2-4,7H,5H2,(H,10,11). The lowest BCUT2D eigenvalue weighted by molar-refractivity contribution is -0.131. The molecule has 0 saturated heterocycles. The third-order valence-electron chi connectivity index (χ3n) is 1.20. The summed E-state index contributed by atoms with van der Waals surface area (Å²) in [6, 6.07) is 0. The smallest absolute Gasteiger partial charge is 0.336 e. The highest BCUT2D eigenvalue weighted by Gasteiger charge is 1.91. The Bertz CT molecular complexity index is 276. The van der Waals surface area contributed by atoms with Gasteiger partial charge in [-0.2, -0.15) is 0 Å². The van der Waals surface area contributed by atoms with E-state index >= 15 is 0 Å². The lowest BCUT2D eigenvalue weighted by Crippen LogP contribution is -1.85. The van der Waals surface area contributed by atoms with Crippen LogP contribution in [0.1, 0.15) is 6.42 Å². The number of carboxylic acid groups (broad SMARTS) is 1. The normalized spacial score (nSPS) is 14.4. The summed E-state index contributed by atoms with van der Waals surface area (Å²) < 4.78 is 0. The van der Waals surface area contributed by atoms with Gasteiger partial charge in [0, 0.05) is 0 Å². The molecule has 2 nitrogen and oxygen atoms in total. The highest BCUT2D eigenvalue weighted by atomic mass is 16.4. The number of rotatable bonds is 1. The van der Waals surface area contributed by atoms with Crippen molar-refractivity contribution in [3.63, 3.8) is 0 Å². The van der Waals surface area contributed by atoms with Gasteiger partial charge in [0.25, 0.3) is 0 Å². The third-order valence-corrected chi connectivity index (χ3v) is 1.20. The molecule has 0 heterocycles. The maximum absolute atomic E-state index is 10.1. The zero-order valence-electron chi connectivity index (χ0n) is 5.87. The van der Waals surface area contributed by atoms with Crippen LogP contribution in [0.15, 0.2) is 35.6 Å². The van der Waals surface area contributed by atoms with Gasteiger partial charge in [0.05, 0.1) is 6.08 Å². The summed E-state index contributed by atoms with van der Waals surface area (Å²) in [5, 5.41) is 8.26. The van der Waals surface area contributed by atoms with Crippen molar-refractivity contribution in [2.45, 2.75) is 6.42 Å². The first-order chi connectivity index (χ1) is 5.29. The lowest BCUT2D eigenvalue weighted by Gasteiger charge is -1.94. The second kappa shape index (κ2) is 3.59. The molecule has 0 bridgehead atoms. The molecule has 55 valence electrons. The fourth-order valence-electron chi connectivity index (χ4n) is 0.715. The fourth-order valence-corrected chi connectivity index (χ4v) is 0.715. The molecule has 0 amide bonds. The fraction of sp³-hybridized carbons (Fsp3) is 0.111. The van der Waals surface area contributed by atoms with Crippen LogP contribution in [0.2, 0.25) is 0 Å². The van der Waals surface area contributed by atoms with Crippen molar-refractivity contribution in [3.05, 3.63) is 41.7 Å². The van der Waals surface area contributed by atoms with E-state index < -0.39 is 5.97 Å². The minimum Gasteiger partial charge on any atom is -0.478 e. The third kappa shape index (κ3) is 2.70. The number of allylic oxidation sites excluding steroid dienone is 4. The average molecular weight is 147 g/mol. The van der Waals surface area contributed by atoms with Crippen molar-refractivity contribution >= 4 is 5.97 Å². The molecular weight excluding hydrogens is 140 g/mol. The highest BCUT2D eigenvalue weighted by Crippen LogP contribution is 2.06. The molecule has 0 fully saturated rings. The van der Waals surface area contributed by atoms with Gasteiger partial charge in [-0.15, -0.1) is 5.73 Å². The number of hydrogen-bond acceptors (Lipinski definition) is 1. The Balaban J connectivity index is 2.75. The molecule has 11 heavy (non-hydrogen) atoms. The van der Waals surface area contributed by atoms with Crippen LogP contribution >= 0.6 is 0 Å². The van der Waals surface area contributed by atoms with E-state index in [-0.39, 0.29) is 0 Å². The van der Waals surface area contributed by atoms with Gasteiger partial charge < -0.3 is 5.11 Å². The maximum atomic E-state index is 10.1. The molecule has 0 aromatic rings. The van der Waals surface area contributed by atoms with Crippen LogP contribution in [0, 0.1) is 6.08 Å². The Morgan fingerprint density at radius 1 is 1.82 bits per heavy atom. The molecule has 0 unspecified atom stereocenters. The van der Waals surface area contributed by atoms with E-state index in [9.17, 15) is 4.79 Å². The Kier molecular flexibility index (Phi) is 2.47. The molecular formula is C9H7O2. The first-order valence-corrected chi connectivity index (χ1v) is 3.22. The number of hydrogen-bond donors (Lipinski definition) is 1. The Morgan fingerprint density at radius 3 is 3.18 bits per heavy atom. The monoisotopic (exact) mass is 147 g/mol. The van der Waals surface area contributed by atoms with Crippen LogP contribution in [0.25, 0.3) is 0 Å². The maximum Gasteiger partial charge on any atom is 0.336 e. The van der Waals surface area contributed by atoms with E-state index in [0.717, 1.165) is 11.6 Å². The first-order valence-electron chi connectivity index (χ1n) is 3.22. The van der Waals surface area contributed by atoms with E-state index in [2.05, 4.69) is 11.8 Å². The van der Waals surface area contributed by atoms with Gasteiger partial charge in [0.1, 0.15) is 0 Å². The number of carboxylic acids is 1. The number of carbonyl (C=O) groups is 1. The van der Waals surface area contributed by atoms with Gasteiger partial charge >= 0.3 is 5.97 Å². The predicted octanol–water partition coefficient (Wildman–Crippen LogP) is 1.47. The molecule has 0 aromatic carbocycles. The van der Waals surface area contributed by atoms with Crippen LogP contribution in [0.3, 0.4) is 0 Å². The average Bonchev–Trinajstić information content (AvgIpc) is 2.03. The Morgan fingerprint density at radius 2 is 2.64 bits per heavy atom. The van der Waals surface area contributed by atoms with Crippen LogP contribution in [0.4, 0.5) is 0 Å². The summed E-state index contributed by atoms with van der Waals surface area (Å²) in [7, 11) is 0. The van der Waals surface area contributed by atoms with Crippen LogP contribution < -0.4 is 0 Å². The SMILES string of the molecule is O=C(O)C=C=C1C=C[C]=CC1. The van der Waals surface area contributed by atoms with Crippen LogP contribution in [-0.2, 0) is 4.79 Å². The molecule has 0 spiro atoms. The molecule has 0 atom stereocenters. The molecule has 1 N–H and O–H groups in total. The number of aliphatic carboxylic acids is 1. The largest absolute Gasteiger partial charge is 0.478 e. The van der Waals surface area contributed by atoms with Gasteiger partial charge in [0.15, 0.2) is 0 Å². The van der Waals surface area contributed by atoms with Crippen molar-refractivity contribution in [1.29, 1.82) is 0 Å². The van der Waals surface area contributed by atoms with Gasteiger partial charge in [-0.05, 0) is 18.1 Å². The minimum absolute atomic E-state index is 0.709. The molecule has 1 radical (unpaired) electrons. The quantitative estimate of drug-likeness (QED) is 0.450. The lowest BCUT2D eigenvalue weighted by atomic mass is 10.1. The van der Waals surface area contributed by atoms with Crippen molar-refractivity contribution in [3.8, 4) is 0 Å². The van der Waals surface area contributed by atoms with Crippen molar-refractivity contribution in [2.24, 2.45) is 0 Å². The van der Waals surface area contributed by atoms with E-state index in [1.54, 1.807) is 12.2 Å². The Labute approximate surface area is 64.9 Å². The predicted molar refractivity (Wildman–Crippen MR) is 40.8 cm³/mol. The summed E-state index contributed by atoms with van der Waals surface area (Å²) in [5.41, 5.74) is 3.52.